The van der Waals surface area contributed by atoms with E-state index in [2.05, 4.69) is 40.6 Å². The number of rotatable bonds is 6. The van der Waals surface area contributed by atoms with Crippen LogP contribution in [0.3, 0.4) is 0 Å². The van der Waals surface area contributed by atoms with Crippen LogP contribution < -0.4 is 5.32 Å². The molecule has 0 radical (unpaired) electrons. The van der Waals surface area contributed by atoms with Gasteiger partial charge in [-0.2, -0.15) is 5.10 Å². The molecule has 1 aromatic heterocycles. The fourth-order valence-electron chi connectivity index (χ4n) is 3.67. The zero-order valence-electron chi connectivity index (χ0n) is 15.4. The number of nitrogens with zero attached hydrogens (tertiary/aromatic N) is 3. The number of aromatic nitrogens is 2. The highest BCUT2D eigenvalue weighted by molar-refractivity contribution is 5.83. The van der Waals surface area contributed by atoms with Gasteiger partial charge in [0.15, 0.2) is 0 Å². The second-order valence-electron chi connectivity index (χ2n) is 7.25. The van der Waals surface area contributed by atoms with Crippen LogP contribution in [0.2, 0.25) is 0 Å². The van der Waals surface area contributed by atoms with Crippen molar-refractivity contribution in [3.05, 3.63) is 53.9 Å². The van der Waals surface area contributed by atoms with Crippen LogP contribution in [0.25, 0.3) is 0 Å². The molecule has 2 aromatic rings. The van der Waals surface area contributed by atoms with Crippen LogP contribution in [0.4, 0.5) is 0 Å². The Morgan fingerprint density at radius 3 is 2.72 bits per heavy atom. The summed E-state index contributed by atoms with van der Waals surface area (Å²) in [4.78, 5) is 15.3. The molecule has 0 bridgehead atoms. The maximum Gasteiger partial charge on any atom is 0.242 e. The molecule has 2 atom stereocenters. The molecule has 1 N–H and O–H groups in total. The van der Waals surface area contributed by atoms with Gasteiger partial charge in [-0.3, -0.25) is 14.4 Å². The predicted molar refractivity (Wildman–Crippen MR) is 99.2 cm³/mol. The first kappa shape index (κ1) is 17.7. The Morgan fingerprint density at radius 1 is 1.32 bits per heavy atom. The first-order chi connectivity index (χ1) is 12.0. The van der Waals surface area contributed by atoms with E-state index in [4.69, 9.17) is 0 Å². The minimum atomic E-state index is -0.243. The van der Waals surface area contributed by atoms with Gasteiger partial charge in [0.2, 0.25) is 5.91 Å². The minimum absolute atomic E-state index is 0.0877. The van der Waals surface area contributed by atoms with Gasteiger partial charge in [0.1, 0.15) is 6.04 Å². The summed E-state index contributed by atoms with van der Waals surface area (Å²) in [6.07, 6.45) is 6.17. The van der Waals surface area contributed by atoms with Crippen molar-refractivity contribution in [3.63, 3.8) is 0 Å². The van der Waals surface area contributed by atoms with Gasteiger partial charge in [-0.15, -0.1) is 0 Å². The monoisotopic (exact) mass is 340 g/mol. The second-order valence-corrected chi connectivity index (χ2v) is 7.25. The molecule has 5 nitrogen and oxygen atoms in total. The van der Waals surface area contributed by atoms with Crippen LogP contribution in [-0.2, 0) is 11.3 Å². The Morgan fingerprint density at radius 2 is 2.08 bits per heavy atom. The summed E-state index contributed by atoms with van der Waals surface area (Å²) in [6, 6.07) is 10.3. The third kappa shape index (κ3) is 4.28. The van der Waals surface area contributed by atoms with E-state index in [0.29, 0.717) is 6.04 Å². The largest absolute Gasteiger partial charge is 0.352 e. The number of carbonyl (C=O) groups is 1. The van der Waals surface area contributed by atoms with Crippen molar-refractivity contribution in [2.45, 2.75) is 58.3 Å². The molecule has 1 amide bonds. The van der Waals surface area contributed by atoms with Gasteiger partial charge < -0.3 is 5.32 Å². The van der Waals surface area contributed by atoms with E-state index in [0.717, 1.165) is 31.5 Å². The highest BCUT2D eigenvalue weighted by Gasteiger charge is 2.36. The SMILES string of the molecule is Cc1cnn(C[C@H]2CCCN2[C@@H](C(=O)NC(C)C)c2ccccc2)c1. The summed E-state index contributed by atoms with van der Waals surface area (Å²) in [6.45, 7) is 7.84. The fraction of sp³-hybridized carbons (Fsp3) is 0.500. The van der Waals surface area contributed by atoms with Gasteiger partial charge in [-0.25, -0.2) is 0 Å². The molecular weight excluding hydrogens is 312 g/mol. The van der Waals surface area contributed by atoms with Crippen molar-refractivity contribution in [1.82, 2.24) is 20.0 Å². The molecule has 3 rings (SSSR count). The summed E-state index contributed by atoms with van der Waals surface area (Å²) in [5, 5.41) is 7.53. The number of hydrogen-bond donors (Lipinski definition) is 1. The zero-order chi connectivity index (χ0) is 17.8. The highest BCUT2D eigenvalue weighted by Crippen LogP contribution is 2.30. The van der Waals surface area contributed by atoms with E-state index in [1.807, 2.05) is 42.9 Å². The van der Waals surface area contributed by atoms with Crippen LogP contribution in [0.15, 0.2) is 42.7 Å². The molecule has 25 heavy (non-hydrogen) atoms. The summed E-state index contributed by atoms with van der Waals surface area (Å²) in [5.74, 6) is 0.0877. The molecule has 2 heterocycles. The number of likely N-dealkylation sites (tertiary alicyclic amines) is 1. The highest BCUT2D eigenvalue weighted by atomic mass is 16.2. The molecule has 0 spiro atoms. The maximum absolute atomic E-state index is 13.0. The van der Waals surface area contributed by atoms with Gasteiger partial charge >= 0.3 is 0 Å². The number of aryl methyl sites for hydroxylation is 1. The van der Waals surface area contributed by atoms with E-state index in [1.54, 1.807) is 0 Å². The first-order valence-electron chi connectivity index (χ1n) is 9.14. The molecule has 5 heteroatoms. The molecule has 1 aromatic carbocycles. The van der Waals surface area contributed by atoms with Crippen LogP contribution >= 0.6 is 0 Å². The molecule has 1 aliphatic heterocycles. The molecule has 0 aliphatic carbocycles. The summed E-state index contributed by atoms with van der Waals surface area (Å²) < 4.78 is 2.00. The quantitative estimate of drug-likeness (QED) is 0.880. The molecule has 0 unspecified atom stereocenters. The first-order valence-corrected chi connectivity index (χ1v) is 9.14. The van der Waals surface area contributed by atoms with Gasteiger partial charge in [-0.05, 0) is 51.3 Å². The Hall–Kier alpha value is -2.14. The van der Waals surface area contributed by atoms with E-state index in [9.17, 15) is 4.79 Å². The van der Waals surface area contributed by atoms with Crippen molar-refractivity contribution >= 4 is 5.91 Å². The molecule has 1 aliphatic rings. The van der Waals surface area contributed by atoms with Gasteiger partial charge in [0, 0.05) is 18.3 Å². The van der Waals surface area contributed by atoms with Crippen LogP contribution in [0, 0.1) is 6.92 Å². The zero-order valence-corrected chi connectivity index (χ0v) is 15.4. The Kier molecular flexibility index (Phi) is 5.53. The molecular formula is C20H28N4O. The van der Waals surface area contributed by atoms with Crippen LogP contribution in [0.5, 0.6) is 0 Å². The van der Waals surface area contributed by atoms with E-state index < -0.39 is 0 Å². The van der Waals surface area contributed by atoms with E-state index >= 15 is 0 Å². The van der Waals surface area contributed by atoms with Crippen LogP contribution in [-0.4, -0.2) is 39.2 Å². The lowest BCUT2D eigenvalue weighted by atomic mass is 10.0. The van der Waals surface area contributed by atoms with Gasteiger partial charge in [0.25, 0.3) is 0 Å². The smallest absolute Gasteiger partial charge is 0.242 e. The Bertz CT molecular complexity index is 695. The number of nitrogens with one attached hydrogen (secondary N) is 1. The number of hydrogen-bond acceptors (Lipinski definition) is 3. The standard InChI is InChI=1S/C20H28N4O/c1-15(2)22-20(25)19(17-8-5-4-6-9-17)24-11-7-10-18(24)14-23-13-16(3)12-21-23/h4-6,8-9,12-13,15,18-19H,7,10-11,14H2,1-3H3,(H,22,25)/t18-,19-/m1/s1. The molecule has 134 valence electrons. The van der Waals surface area contributed by atoms with Gasteiger partial charge in [0.05, 0.1) is 12.7 Å². The normalized spacial score (nSPS) is 19.3. The minimum Gasteiger partial charge on any atom is -0.352 e. The fourth-order valence-corrected chi connectivity index (χ4v) is 3.67. The van der Waals surface area contributed by atoms with Crippen molar-refractivity contribution < 1.29 is 4.79 Å². The van der Waals surface area contributed by atoms with Crippen LogP contribution in [0.1, 0.15) is 43.9 Å². The van der Waals surface area contributed by atoms with E-state index in [1.165, 1.54) is 5.56 Å². The number of carbonyl (C=O) groups excluding carboxylic acids is 1. The van der Waals surface area contributed by atoms with Crippen molar-refractivity contribution in [2.24, 2.45) is 0 Å². The summed E-state index contributed by atoms with van der Waals surface area (Å²) in [5.41, 5.74) is 2.23. The lowest BCUT2D eigenvalue weighted by Crippen LogP contribution is -2.45. The summed E-state index contributed by atoms with van der Waals surface area (Å²) in [7, 11) is 0. The maximum atomic E-state index is 13.0. The molecule has 1 fully saturated rings. The third-order valence-electron chi connectivity index (χ3n) is 4.71. The van der Waals surface area contributed by atoms with Crippen molar-refractivity contribution in [3.8, 4) is 0 Å². The predicted octanol–water partition coefficient (Wildman–Crippen LogP) is 2.92. The summed E-state index contributed by atoms with van der Waals surface area (Å²) >= 11 is 0. The lowest BCUT2D eigenvalue weighted by Gasteiger charge is -2.33. The second kappa shape index (κ2) is 7.83. The average molecular weight is 340 g/mol. The van der Waals surface area contributed by atoms with E-state index in [-0.39, 0.29) is 18.0 Å². The van der Waals surface area contributed by atoms with Crippen molar-refractivity contribution in [2.75, 3.05) is 6.54 Å². The average Bonchev–Trinajstić information content (AvgIpc) is 3.18. The molecule has 1 saturated heterocycles. The topological polar surface area (TPSA) is 50.2 Å². The number of amides is 1. The van der Waals surface area contributed by atoms with Gasteiger partial charge in [-0.1, -0.05) is 30.3 Å². The Balaban J connectivity index is 1.84. The third-order valence-corrected chi connectivity index (χ3v) is 4.71. The van der Waals surface area contributed by atoms with Crippen molar-refractivity contribution in [1.29, 1.82) is 0 Å². The Labute approximate surface area is 150 Å². The number of benzene rings is 1. The lowest BCUT2D eigenvalue weighted by molar-refractivity contribution is -0.127. The molecule has 0 saturated carbocycles.